The van der Waals surface area contributed by atoms with Gasteiger partial charge in [0.05, 0.1) is 11.4 Å². The number of hydrogen-bond acceptors (Lipinski definition) is 4. The highest BCUT2D eigenvalue weighted by Gasteiger charge is 2.25. The molecule has 8 heteroatoms. The maximum absolute atomic E-state index is 13.0. The standard InChI is InChI=1S/C21H25N3O3.ClH.H2O/c1-23(2)13-14-27-20(25)15-22-21(26)24-18-9-5-3-7-16(18)11-12-17-8-4-6-10-19(17)24;;/h3-10H,11-15H2,1-2H3,(H,22,26);1H;1H2. The molecule has 3 N–H and O–H groups in total. The van der Waals surface area contributed by atoms with Crippen molar-refractivity contribution >= 4 is 35.8 Å². The fraction of sp³-hybridized carbons (Fsp3) is 0.333. The average molecular weight is 422 g/mol. The summed E-state index contributed by atoms with van der Waals surface area (Å²) >= 11 is 0. The summed E-state index contributed by atoms with van der Waals surface area (Å²) in [4.78, 5) is 28.4. The van der Waals surface area contributed by atoms with Gasteiger partial charge in [0.2, 0.25) is 0 Å². The maximum atomic E-state index is 13.0. The van der Waals surface area contributed by atoms with E-state index in [1.807, 2.05) is 67.5 Å². The molecule has 2 aromatic carbocycles. The van der Waals surface area contributed by atoms with Crippen molar-refractivity contribution in [2.75, 3.05) is 38.7 Å². The minimum Gasteiger partial charge on any atom is -0.463 e. The molecule has 0 saturated heterocycles. The van der Waals surface area contributed by atoms with Crippen molar-refractivity contribution in [3.05, 3.63) is 59.7 Å². The second-order valence-corrected chi connectivity index (χ2v) is 6.78. The molecule has 7 nitrogen and oxygen atoms in total. The number of nitrogens with zero attached hydrogens (tertiary/aromatic N) is 2. The van der Waals surface area contributed by atoms with Crippen LogP contribution < -0.4 is 10.2 Å². The van der Waals surface area contributed by atoms with Crippen molar-refractivity contribution in [1.82, 2.24) is 10.2 Å². The van der Waals surface area contributed by atoms with E-state index in [1.165, 1.54) is 0 Å². The number of aryl methyl sites for hydroxylation is 2. The number of esters is 1. The number of benzene rings is 2. The SMILES string of the molecule is CN(C)CCOC(=O)CNC(=O)N1c2ccccc2CCc2ccccc21.Cl.O. The third-order valence-corrected chi connectivity index (χ3v) is 4.52. The molecule has 0 saturated carbocycles. The number of anilines is 2. The molecule has 158 valence electrons. The minimum absolute atomic E-state index is 0. The molecule has 1 aliphatic rings. The lowest BCUT2D eigenvalue weighted by atomic mass is 10.0. The summed E-state index contributed by atoms with van der Waals surface area (Å²) in [5, 5.41) is 2.70. The zero-order valence-electron chi connectivity index (χ0n) is 16.7. The van der Waals surface area contributed by atoms with Crippen LogP contribution in [0, 0.1) is 0 Å². The number of nitrogens with one attached hydrogen (secondary N) is 1. The zero-order chi connectivity index (χ0) is 19.2. The Bertz CT molecular complexity index is 782. The van der Waals surface area contributed by atoms with Crippen LogP contribution in [0.15, 0.2) is 48.5 Å². The number of hydrogen-bond donors (Lipinski definition) is 1. The van der Waals surface area contributed by atoms with E-state index in [4.69, 9.17) is 4.74 Å². The predicted octanol–water partition coefficient (Wildman–Crippen LogP) is 2.33. The number of carbonyl (C=O) groups is 2. The highest BCUT2D eigenvalue weighted by molar-refractivity contribution is 6.02. The first-order chi connectivity index (χ1) is 13.1. The quantitative estimate of drug-likeness (QED) is 0.750. The fourth-order valence-electron chi connectivity index (χ4n) is 3.12. The Kier molecular flexibility index (Phi) is 9.61. The number of rotatable bonds is 5. The van der Waals surface area contributed by atoms with Gasteiger partial charge in [0.25, 0.3) is 0 Å². The number of amides is 2. The normalized spacial score (nSPS) is 11.9. The lowest BCUT2D eigenvalue weighted by molar-refractivity contribution is -0.142. The second kappa shape index (κ2) is 11.4. The van der Waals surface area contributed by atoms with E-state index in [0.29, 0.717) is 13.2 Å². The van der Waals surface area contributed by atoms with Crippen LogP contribution in [-0.2, 0) is 22.4 Å². The molecule has 29 heavy (non-hydrogen) atoms. The number of ether oxygens (including phenoxy) is 1. The second-order valence-electron chi connectivity index (χ2n) is 6.78. The molecule has 2 aromatic rings. The number of urea groups is 1. The number of carbonyl (C=O) groups excluding carboxylic acids is 2. The van der Waals surface area contributed by atoms with E-state index < -0.39 is 5.97 Å². The van der Waals surface area contributed by atoms with E-state index in [9.17, 15) is 9.59 Å². The molecular weight excluding hydrogens is 394 g/mol. The van der Waals surface area contributed by atoms with Gasteiger partial charge in [-0.3, -0.25) is 9.69 Å². The topological polar surface area (TPSA) is 93.4 Å². The average Bonchev–Trinajstić information content (AvgIpc) is 2.83. The van der Waals surface area contributed by atoms with Crippen LogP contribution in [0.3, 0.4) is 0 Å². The Hall–Kier alpha value is -2.61. The molecule has 0 atom stereocenters. The largest absolute Gasteiger partial charge is 0.463 e. The molecule has 0 aliphatic carbocycles. The maximum Gasteiger partial charge on any atom is 0.327 e. The van der Waals surface area contributed by atoms with Gasteiger partial charge in [-0.1, -0.05) is 36.4 Å². The van der Waals surface area contributed by atoms with Crippen molar-refractivity contribution in [2.45, 2.75) is 12.8 Å². The van der Waals surface area contributed by atoms with E-state index in [1.54, 1.807) is 4.90 Å². The van der Waals surface area contributed by atoms with Crippen molar-refractivity contribution in [2.24, 2.45) is 0 Å². The summed E-state index contributed by atoms with van der Waals surface area (Å²) < 4.78 is 5.14. The first kappa shape index (κ1) is 24.4. The van der Waals surface area contributed by atoms with Crippen LogP contribution in [0.2, 0.25) is 0 Å². The van der Waals surface area contributed by atoms with Crippen molar-refractivity contribution in [1.29, 1.82) is 0 Å². The van der Waals surface area contributed by atoms with Crippen LogP contribution >= 0.6 is 12.4 Å². The number of para-hydroxylation sites is 2. The third-order valence-electron chi connectivity index (χ3n) is 4.52. The number of fused-ring (bicyclic) bond motifs is 2. The van der Waals surface area contributed by atoms with Gasteiger partial charge in [-0.15, -0.1) is 12.4 Å². The van der Waals surface area contributed by atoms with Gasteiger partial charge in [0.15, 0.2) is 0 Å². The molecule has 0 bridgehead atoms. The smallest absolute Gasteiger partial charge is 0.327 e. The lowest BCUT2D eigenvalue weighted by Gasteiger charge is -2.25. The first-order valence-corrected chi connectivity index (χ1v) is 9.10. The van der Waals surface area contributed by atoms with Gasteiger partial charge in [0, 0.05) is 6.54 Å². The summed E-state index contributed by atoms with van der Waals surface area (Å²) in [7, 11) is 3.81. The van der Waals surface area contributed by atoms with Crippen molar-refractivity contribution in [3.63, 3.8) is 0 Å². The minimum atomic E-state index is -0.443. The monoisotopic (exact) mass is 421 g/mol. The molecule has 1 heterocycles. The Balaban J connectivity index is 0.00000210. The molecule has 1 aliphatic heterocycles. The van der Waals surface area contributed by atoms with Crippen molar-refractivity contribution < 1.29 is 19.8 Å². The Morgan fingerprint density at radius 3 is 2.03 bits per heavy atom. The van der Waals surface area contributed by atoms with E-state index in [2.05, 4.69) is 5.32 Å². The number of halogens is 1. The van der Waals surface area contributed by atoms with Gasteiger partial charge in [0.1, 0.15) is 13.2 Å². The molecule has 0 fully saturated rings. The Labute approximate surface area is 177 Å². The first-order valence-electron chi connectivity index (χ1n) is 9.10. The highest BCUT2D eigenvalue weighted by atomic mass is 35.5. The van der Waals surface area contributed by atoms with E-state index >= 15 is 0 Å². The third kappa shape index (κ3) is 6.19. The van der Waals surface area contributed by atoms with Crippen LogP contribution in [0.4, 0.5) is 16.2 Å². The van der Waals surface area contributed by atoms with Crippen LogP contribution in [-0.4, -0.2) is 56.2 Å². The molecular formula is C21H28ClN3O4. The number of likely N-dealkylation sites (N-methyl/N-ethyl adjacent to an activating group) is 1. The summed E-state index contributed by atoms with van der Waals surface area (Å²) in [6.07, 6.45) is 1.73. The summed E-state index contributed by atoms with van der Waals surface area (Å²) in [5.74, 6) is -0.443. The van der Waals surface area contributed by atoms with Gasteiger partial charge >= 0.3 is 12.0 Å². The van der Waals surface area contributed by atoms with Gasteiger partial charge in [-0.05, 0) is 50.2 Å². The summed E-state index contributed by atoms with van der Waals surface area (Å²) in [6, 6.07) is 15.4. The van der Waals surface area contributed by atoms with Gasteiger partial charge in [-0.2, -0.15) is 0 Å². The van der Waals surface area contributed by atoms with Gasteiger partial charge in [-0.25, -0.2) is 4.79 Å². The Morgan fingerprint density at radius 1 is 1.00 bits per heavy atom. The van der Waals surface area contributed by atoms with Crippen LogP contribution in [0.25, 0.3) is 0 Å². The van der Waals surface area contributed by atoms with Crippen LogP contribution in [0.1, 0.15) is 11.1 Å². The van der Waals surface area contributed by atoms with Crippen molar-refractivity contribution in [3.8, 4) is 0 Å². The fourth-order valence-corrected chi connectivity index (χ4v) is 3.12. The van der Waals surface area contributed by atoms with Gasteiger partial charge < -0.3 is 20.4 Å². The Morgan fingerprint density at radius 2 is 1.52 bits per heavy atom. The molecule has 3 rings (SSSR count). The molecule has 2 amide bonds. The molecule has 0 unspecified atom stereocenters. The van der Waals surface area contributed by atoms with E-state index in [-0.39, 0.29) is 30.5 Å². The summed E-state index contributed by atoms with van der Waals surface area (Å²) in [6.45, 7) is 0.788. The molecule has 0 radical (unpaired) electrons. The summed E-state index contributed by atoms with van der Waals surface area (Å²) in [5.41, 5.74) is 3.91. The molecule has 0 spiro atoms. The highest BCUT2D eigenvalue weighted by Crippen LogP contribution is 2.35. The zero-order valence-corrected chi connectivity index (χ0v) is 17.5. The lowest BCUT2D eigenvalue weighted by Crippen LogP contribution is -2.40. The molecule has 0 aromatic heterocycles. The predicted molar refractivity (Wildman–Crippen MR) is 116 cm³/mol. The van der Waals surface area contributed by atoms with Crippen LogP contribution in [0.5, 0.6) is 0 Å². The van der Waals surface area contributed by atoms with E-state index in [0.717, 1.165) is 35.3 Å².